The molecule has 1 atom stereocenters. The monoisotopic (exact) mass is 285 g/mol. The van der Waals surface area contributed by atoms with Crippen molar-refractivity contribution >= 4 is 11.6 Å². The zero-order valence-electron chi connectivity index (χ0n) is 12.1. The van der Waals surface area contributed by atoms with Gasteiger partial charge in [-0.2, -0.15) is 10.4 Å². The highest BCUT2D eigenvalue weighted by Crippen LogP contribution is 2.20. The summed E-state index contributed by atoms with van der Waals surface area (Å²) >= 11 is 0. The van der Waals surface area contributed by atoms with Gasteiger partial charge in [-0.15, -0.1) is 0 Å². The topological polar surface area (TPSA) is 74.5 Å². The SMILES string of the molecule is C[C@@H]1CCCC/C1=N/NC(=O)COc1ccc(C#N)cc1. The lowest BCUT2D eigenvalue weighted by Crippen LogP contribution is -2.28. The van der Waals surface area contributed by atoms with Gasteiger partial charge in [-0.3, -0.25) is 4.79 Å². The molecule has 5 heteroatoms. The van der Waals surface area contributed by atoms with Gasteiger partial charge in [0.2, 0.25) is 0 Å². The van der Waals surface area contributed by atoms with Gasteiger partial charge in [-0.25, -0.2) is 5.43 Å². The Morgan fingerprint density at radius 3 is 2.86 bits per heavy atom. The molecule has 1 N–H and O–H groups in total. The van der Waals surface area contributed by atoms with Gasteiger partial charge in [0.05, 0.1) is 11.6 Å². The lowest BCUT2D eigenvalue weighted by Gasteiger charge is -2.19. The Kier molecular flexibility index (Phi) is 5.33. The van der Waals surface area contributed by atoms with Crippen molar-refractivity contribution in [3.63, 3.8) is 0 Å². The van der Waals surface area contributed by atoms with Gasteiger partial charge < -0.3 is 4.74 Å². The Hall–Kier alpha value is -2.35. The van der Waals surface area contributed by atoms with E-state index in [-0.39, 0.29) is 12.5 Å². The van der Waals surface area contributed by atoms with Gasteiger partial charge in [0.1, 0.15) is 5.75 Å². The first-order valence-electron chi connectivity index (χ1n) is 7.17. The summed E-state index contributed by atoms with van der Waals surface area (Å²) < 4.78 is 5.34. The second-order valence-corrected chi connectivity index (χ2v) is 5.21. The third kappa shape index (κ3) is 4.60. The Morgan fingerprint density at radius 2 is 2.19 bits per heavy atom. The van der Waals surface area contributed by atoms with E-state index in [9.17, 15) is 4.79 Å². The van der Waals surface area contributed by atoms with E-state index >= 15 is 0 Å². The average Bonchev–Trinajstić information content (AvgIpc) is 2.52. The smallest absolute Gasteiger partial charge is 0.277 e. The number of ether oxygens (including phenoxy) is 1. The number of hydrogen-bond donors (Lipinski definition) is 1. The Morgan fingerprint density at radius 1 is 1.43 bits per heavy atom. The van der Waals surface area contributed by atoms with Crippen LogP contribution >= 0.6 is 0 Å². The Balaban J connectivity index is 1.79. The van der Waals surface area contributed by atoms with E-state index in [4.69, 9.17) is 10.00 Å². The standard InChI is InChI=1S/C16H19N3O2/c1-12-4-2-3-5-15(12)18-19-16(20)11-21-14-8-6-13(10-17)7-9-14/h6-9,12H,2-5,11H2,1H3,(H,19,20)/b18-15-/t12-/m1/s1. The minimum absolute atomic E-state index is 0.0862. The summed E-state index contributed by atoms with van der Waals surface area (Å²) in [5, 5.41) is 12.9. The van der Waals surface area contributed by atoms with Crippen molar-refractivity contribution in [2.75, 3.05) is 6.61 Å². The predicted octanol–water partition coefficient (Wildman–Crippen LogP) is 2.62. The van der Waals surface area contributed by atoms with E-state index in [1.54, 1.807) is 24.3 Å². The molecule has 21 heavy (non-hydrogen) atoms. The Bertz CT molecular complexity index is 558. The van der Waals surface area contributed by atoms with Crippen LogP contribution in [0, 0.1) is 17.2 Å². The molecule has 0 aliphatic heterocycles. The fraction of sp³-hybridized carbons (Fsp3) is 0.438. The first-order valence-corrected chi connectivity index (χ1v) is 7.17. The molecule has 1 fully saturated rings. The molecule has 1 aromatic carbocycles. The highest BCUT2D eigenvalue weighted by molar-refractivity contribution is 5.88. The summed E-state index contributed by atoms with van der Waals surface area (Å²) in [4.78, 5) is 11.7. The van der Waals surface area contributed by atoms with Gasteiger partial charge >= 0.3 is 0 Å². The molecule has 1 aliphatic carbocycles. The fourth-order valence-electron chi connectivity index (χ4n) is 2.28. The molecule has 1 saturated carbocycles. The van der Waals surface area contributed by atoms with Crippen LogP contribution in [0.25, 0.3) is 0 Å². The van der Waals surface area contributed by atoms with Gasteiger partial charge in [-0.05, 0) is 49.4 Å². The third-order valence-electron chi connectivity index (χ3n) is 3.57. The molecule has 1 amide bonds. The highest BCUT2D eigenvalue weighted by Gasteiger charge is 2.16. The first kappa shape index (κ1) is 15.0. The minimum atomic E-state index is -0.273. The molecule has 5 nitrogen and oxygen atoms in total. The molecular formula is C16H19N3O2. The minimum Gasteiger partial charge on any atom is -0.484 e. The maximum absolute atomic E-state index is 11.7. The van der Waals surface area contributed by atoms with Crippen molar-refractivity contribution in [3.8, 4) is 11.8 Å². The molecule has 0 heterocycles. The summed E-state index contributed by atoms with van der Waals surface area (Å²) in [6.07, 6.45) is 4.46. The van der Waals surface area contributed by atoms with Crippen LogP contribution in [0.2, 0.25) is 0 Å². The summed E-state index contributed by atoms with van der Waals surface area (Å²) in [6.45, 7) is 2.05. The van der Waals surface area contributed by atoms with E-state index in [1.807, 2.05) is 6.07 Å². The van der Waals surface area contributed by atoms with E-state index in [0.717, 1.165) is 25.0 Å². The van der Waals surface area contributed by atoms with Crippen molar-refractivity contribution in [1.29, 1.82) is 5.26 Å². The van der Waals surface area contributed by atoms with Crippen LogP contribution in [0.3, 0.4) is 0 Å². The summed E-state index contributed by atoms with van der Waals surface area (Å²) in [6, 6.07) is 8.66. The summed E-state index contributed by atoms with van der Waals surface area (Å²) in [5.74, 6) is 0.728. The quantitative estimate of drug-likeness (QED) is 0.864. The molecule has 0 spiro atoms. The average molecular weight is 285 g/mol. The summed E-state index contributed by atoms with van der Waals surface area (Å²) in [7, 11) is 0. The maximum Gasteiger partial charge on any atom is 0.277 e. The largest absolute Gasteiger partial charge is 0.484 e. The predicted molar refractivity (Wildman–Crippen MR) is 79.9 cm³/mol. The lowest BCUT2D eigenvalue weighted by atomic mass is 9.89. The van der Waals surface area contributed by atoms with E-state index in [2.05, 4.69) is 17.5 Å². The van der Waals surface area contributed by atoms with Crippen molar-refractivity contribution in [2.45, 2.75) is 32.6 Å². The molecule has 1 aromatic rings. The second kappa shape index (κ2) is 7.44. The lowest BCUT2D eigenvalue weighted by molar-refractivity contribution is -0.123. The van der Waals surface area contributed by atoms with E-state index in [1.165, 1.54) is 6.42 Å². The Labute approximate surface area is 124 Å². The highest BCUT2D eigenvalue weighted by atomic mass is 16.5. The number of nitriles is 1. The fourth-order valence-corrected chi connectivity index (χ4v) is 2.28. The van der Waals surface area contributed by atoms with Crippen molar-refractivity contribution in [3.05, 3.63) is 29.8 Å². The van der Waals surface area contributed by atoms with Crippen molar-refractivity contribution < 1.29 is 9.53 Å². The third-order valence-corrected chi connectivity index (χ3v) is 3.57. The van der Waals surface area contributed by atoms with Crippen LogP contribution in [0.1, 0.15) is 38.2 Å². The van der Waals surface area contributed by atoms with Crippen LogP contribution in [0.4, 0.5) is 0 Å². The number of nitrogens with one attached hydrogen (secondary N) is 1. The molecule has 1 aliphatic rings. The number of rotatable bonds is 4. The molecule has 0 aromatic heterocycles. The number of hydrazone groups is 1. The molecule has 110 valence electrons. The van der Waals surface area contributed by atoms with Gasteiger partial charge in [0, 0.05) is 5.71 Å². The van der Waals surface area contributed by atoms with Gasteiger partial charge in [-0.1, -0.05) is 13.3 Å². The number of hydrogen-bond acceptors (Lipinski definition) is 4. The van der Waals surface area contributed by atoms with Crippen molar-refractivity contribution in [2.24, 2.45) is 11.0 Å². The van der Waals surface area contributed by atoms with Crippen molar-refractivity contribution in [1.82, 2.24) is 5.43 Å². The van der Waals surface area contributed by atoms with Crippen LogP contribution in [0.5, 0.6) is 5.75 Å². The molecule has 0 saturated heterocycles. The van der Waals surface area contributed by atoms with Crippen LogP contribution in [-0.2, 0) is 4.79 Å². The first-order chi connectivity index (χ1) is 10.2. The molecule has 0 radical (unpaired) electrons. The number of amides is 1. The normalized spacial score (nSPS) is 19.8. The summed E-state index contributed by atoms with van der Waals surface area (Å²) in [5.41, 5.74) is 4.17. The van der Waals surface area contributed by atoms with Crippen LogP contribution < -0.4 is 10.2 Å². The molecule has 0 unspecified atom stereocenters. The van der Waals surface area contributed by atoms with Gasteiger partial charge in [0.15, 0.2) is 6.61 Å². The molecular weight excluding hydrogens is 266 g/mol. The van der Waals surface area contributed by atoms with E-state index < -0.39 is 0 Å². The number of carbonyl (C=O) groups is 1. The number of carbonyl (C=O) groups excluding carboxylic acids is 1. The van der Waals surface area contributed by atoms with Crippen LogP contribution in [-0.4, -0.2) is 18.2 Å². The molecule has 2 rings (SSSR count). The van der Waals surface area contributed by atoms with Gasteiger partial charge in [0.25, 0.3) is 5.91 Å². The zero-order valence-corrected chi connectivity index (χ0v) is 12.1. The number of benzene rings is 1. The molecule has 0 bridgehead atoms. The number of nitrogens with zero attached hydrogens (tertiary/aromatic N) is 2. The second-order valence-electron chi connectivity index (χ2n) is 5.21. The van der Waals surface area contributed by atoms with E-state index in [0.29, 0.717) is 17.2 Å². The maximum atomic E-state index is 11.7. The van der Waals surface area contributed by atoms with Crippen LogP contribution in [0.15, 0.2) is 29.4 Å². The zero-order chi connectivity index (χ0) is 15.1.